The van der Waals surface area contributed by atoms with E-state index in [9.17, 15) is 5.26 Å². The topological polar surface area (TPSA) is 33.6 Å². The molecule has 0 aliphatic carbocycles. The highest BCUT2D eigenvalue weighted by Gasteiger charge is 2.18. The van der Waals surface area contributed by atoms with Crippen molar-refractivity contribution in [3.63, 3.8) is 0 Å². The van der Waals surface area contributed by atoms with Crippen LogP contribution in [0.25, 0.3) is 66.1 Å². The fourth-order valence-electron chi connectivity index (χ4n) is 6.49. The van der Waals surface area contributed by atoms with E-state index >= 15 is 0 Å². The molecular formula is C38H25N3. The first-order valence-corrected chi connectivity index (χ1v) is 13.9. The molecule has 2 aromatic heterocycles. The Morgan fingerprint density at radius 3 is 2.00 bits per heavy atom. The lowest BCUT2D eigenvalue weighted by Gasteiger charge is -2.12. The van der Waals surface area contributed by atoms with Crippen molar-refractivity contribution < 1.29 is 0 Å². The van der Waals surface area contributed by atoms with E-state index in [1.165, 1.54) is 43.7 Å². The number of hydrogen-bond acceptors (Lipinski definition) is 1. The fourth-order valence-corrected chi connectivity index (χ4v) is 6.49. The van der Waals surface area contributed by atoms with Gasteiger partial charge in [0.25, 0.3) is 0 Å². The second-order valence-electron chi connectivity index (χ2n) is 10.6. The predicted molar refractivity (Wildman–Crippen MR) is 170 cm³/mol. The van der Waals surface area contributed by atoms with Gasteiger partial charge in [-0.2, -0.15) is 5.26 Å². The van der Waals surface area contributed by atoms with Crippen LogP contribution in [0.4, 0.5) is 0 Å². The monoisotopic (exact) mass is 523 g/mol. The lowest BCUT2D eigenvalue weighted by atomic mass is 9.98. The van der Waals surface area contributed by atoms with Gasteiger partial charge in [-0.1, -0.05) is 78.9 Å². The van der Waals surface area contributed by atoms with Gasteiger partial charge < -0.3 is 9.13 Å². The molecule has 0 atom stereocenters. The van der Waals surface area contributed by atoms with Crippen molar-refractivity contribution >= 4 is 43.6 Å². The highest BCUT2D eigenvalue weighted by molar-refractivity contribution is 6.17. The summed E-state index contributed by atoms with van der Waals surface area (Å²) in [7, 11) is 0. The smallest absolute Gasteiger partial charge is 0.0991 e. The normalized spacial score (nSPS) is 11.5. The zero-order valence-corrected chi connectivity index (χ0v) is 22.5. The number of hydrogen-bond donors (Lipinski definition) is 0. The van der Waals surface area contributed by atoms with E-state index in [1.54, 1.807) is 0 Å². The van der Waals surface area contributed by atoms with Gasteiger partial charge in [0.2, 0.25) is 0 Å². The molecule has 0 saturated heterocycles. The number of fused-ring (bicyclic) bond motifs is 6. The van der Waals surface area contributed by atoms with Gasteiger partial charge in [-0.15, -0.1) is 0 Å². The fraction of sp³-hybridized carbons (Fsp3) is 0.0263. The minimum Gasteiger partial charge on any atom is -0.309 e. The summed E-state index contributed by atoms with van der Waals surface area (Å²) in [6.07, 6.45) is 0. The second kappa shape index (κ2) is 8.98. The van der Waals surface area contributed by atoms with Crippen molar-refractivity contribution in [2.45, 2.75) is 6.92 Å². The highest BCUT2D eigenvalue weighted by atomic mass is 15.0. The number of aromatic nitrogens is 2. The number of aryl methyl sites for hydroxylation is 1. The van der Waals surface area contributed by atoms with E-state index in [1.807, 2.05) is 12.1 Å². The third-order valence-corrected chi connectivity index (χ3v) is 8.26. The van der Waals surface area contributed by atoms with Crippen LogP contribution in [0.3, 0.4) is 0 Å². The predicted octanol–water partition coefficient (Wildman–Crippen LogP) is 9.73. The third kappa shape index (κ3) is 3.45. The van der Waals surface area contributed by atoms with Crippen molar-refractivity contribution in [2.24, 2.45) is 0 Å². The number of nitriles is 1. The SMILES string of the molecule is Cc1cc(C#N)ccc1-n1c2ccccc2c2c(-c3ccc4c5ccccc5n(-c5ccccc5)c4c3)cccc21. The summed E-state index contributed by atoms with van der Waals surface area (Å²) >= 11 is 0. The Hall–Kier alpha value is -5.59. The molecule has 6 aromatic carbocycles. The number of para-hydroxylation sites is 3. The van der Waals surface area contributed by atoms with Crippen molar-refractivity contribution in [3.05, 3.63) is 145 Å². The molecule has 0 unspecified atom stereocenters. The highest BCUT2D eigenvalue weighted by Crippen LogP contribution is 2.41. The molecule has 8 aromatic rings. The first-order valence-electron chi connectivity index (χ1n) is 13.9. The summed E-state index contributed by atoms with van der Waals surface area (Å²) in [6.45, 7) is 2.08. The molecule has 192 valence electrons. The van der Waals surface area contributed by atoms with Gasteiger partial charge >= 0.3 is 0 Å². The van der Waals surface area contributed by atoms with Gasteiger partial charge in [0.15, 0.2) is 0 Å². The number of nitrogens with zero attached hydrogens (tertiary/aromatic N) is 3. The average Bonchev–Trinajstić information content (AvgIpc) is 3.54. The van der Waals surface area contributed by atoms with Gasteiger partial charge in [-0.25, -0.2) is 0 Å². The van der Waals surface area contributed by atoms with E-state index in [0.29, 0.717) is 5.56 Å². The Labute approximate surface area is 237 Å². The average molecular weight is 524 g/mol. The molecule has 0 N–H and O–H groups in total. The first-order chi connectivity index (χ1) is 20.2. The van der Waals surface area contributed by atoms with Crippen LogP contribution in [0.15, 0.2) is 133 Å². The molecule has 0 spiro atoms. The van der Waals surface area contributed by atoms with Gasteiger partial charge in [0, 0.05) is 32.9 Å². The van der Waals surface area contributed by atoms with Crippen molar-refractivity contribution in [2.75, 3.05) is 0 Å². The molecule has 0 saturated carbocycles. The largest absolute Gasteiger partial charge is 0.309 e. The van der Waals surface area contributed by atoms with Crippen molar-refractivity contribution in [3.8, 4) is 28.6 Å². The molecule has 8 rings (SSSR count). The number of rotatable bonds is 3. The van der Waals surface area contributed by atoms with Gasteiger partial charge in [-0.05, 0) is 78.2 Å². The summed E-state index contributed by atoms with van der Waals surface area (Å²) in [5.74, 6) is 0. The van der Waals surface area contributed by atoms with Crippen LogP contribution in [-0.2, 0) is 0 Å². The van der Waals surface area contributed by atoms with Gasteiger partial charge in [0.1, 0.15) is 0 Å². The van der Waals surface area contributed by atoms with Crippen molar-refractivity contribution in [1.29, 1.82) is 5.26 Å². The summed E-state index contributed by atoms with van der Waals surface area (Å²) in [4.78, 5) is 0. The molecule has 3 nitrogen and oxygen atoms in total. The van der Waals surface area contributed by atoms with E-state index in [4.69, 9.17) is 0 Å². The van der Waals surface area contributed by atoms with Crippen LogP contribution < -0.4 is 0 Å². The quantitative estimate of drug-likeness (QED) is 0.227. The van der Waals surface area contributed by atoms with E-state index in [2.05, 4.69) is 143 Å². The molecular weight excluding hydrogens is 498 g/mol. The summed E-state index contributed by atoms with van der Waals surface area (Å²) in [6, 6.07) is 49.6. The Morgan fingerprint density at radius 2 is 1.22 bits per heavy atom. The van der Waals surface area contributed by atoms with E-state index in [-0.39, 0.29) is 0 Å². The Morgan fingerprint density at radius 1 is 0.537 bits per heavy atom. The molecule has 0 radical (unpaired) electrons. The lowest BCUT2D eigenvalue weighted by molar-refractivity contribution is 1.15. The Bertz CT molecular complexity index is 2330. The van der Waals surface area contributed by atoms with Crippen LogP contribution in [0.2, 0.25) is 0 Å². The summed E-state index contributed by atoms with van der Waals surface area (Å²) in [5, 5.41) is 14.4. The van der Waals surface area contributed by atoms with E-state index < -0.39 is 0 Å². The zero-order chi connectivity index (χ0) is 27.5. The summed E-state index contributed by atoms with van der Waals surface area (Å²) in [5.41, 5.74) is 11.1. The molecule has 0 amide bonds. The van der Waals surface area contributed by atoms with Gasteiger partial charge in [0.05, 0.1) is 33.7 Å². The molecule has 0 aliphatic rings. The molecule has 2 heterocycles. The van der Waals surface area contributed by atoms with Crippen LogP contribution >= 0.6 is 0 Å². The molecule has 3 heteroatoms. The Balaban J connectivity index is 1.44. The van der Waals surface area contributed by atoms with Crippen LogP contribution in [0.5, 0.6) is 0 Å². The lowest BCUT2D eigenvalue weighted by Crippen LogP contribution is -1.97. The molecule has 0 aliphatic heterocycles. The van der Waals surface area contributed by atoms with Crippen LogP contribution in [0.1, 0.15) is 11.1 Å². The van der Waals surface area contributed by atoms with Crippen molar-refractivity contribution in [1.82, 2.24) is 9.13 Å². The minimum absolute atomic E-state index is 0.676. The number of benzene rings is 6. The Kier molecular flexibility index (Phi) is 5.10. The molecule has 41 heavy (non-hydrogen) atoms. The van der Waals surface area contributed by atoms with E-state index in [0.717, 1.165) is 28.0 Å². The van der Waals surface area contributed by atoms with Crippen LogP contribution in [0, 0.1) is 18.3 Å². The first kappa shape index (κ1) is 23.3. The van der Waals surface area contributed by atoms with Gasteiger partial charge in [-0.3, -0.25) is 0 Å². The maximum Gasteiger partial charge on any atom is 0.0991 e. The second-order valence-corrected chi connectivity index (χ2v) is 10.6. The minimum atomic E-state index is 0.676. The zero-order valence-electron chi connectivity index (χ0n) is 22.5. The maximum absolute atomic E-state index is 9.44. The van der Waals surface area contributed by atoms with Crippen LogP contribution in [-0.4, -0.2) is 9.13 Å². The third-order valence-electron chi connectivity index (χ3n) is 8.26. The molecule has 0 fully saturated rings. The standard InChI is InChI=1S/C38H25N3/c1-25-22-26(24-39)18-21-33(25)41-35-16-8-6-13-32(35)38-29(14-9-17-36(38)41)27-19-20-31-30-12-5-7-15-34(30)40(37(31)23-27)28-10-3-2-4-11-28/h2-23H,1H3. The maximum atomic E-state index is 9.44. The summed E-state index contributed by atoms with van der Waals surface area (Å²) < 4.78 is 4.71. The molecule has 0 bridgehead atoms.